The molecule has 1 N–H and O–H groups in total. The number of pyridine rings is 1. The molecule has 1 heterocycles. The molecule has 122 valence electrons. The first-order chi connectivity index (χ1) is 11.1. The minimum absolute atomic E-state index is 0.0270. The molecule has 0 spiro atoms. The fourth-order valence-corrected chi connectivity index (χ4v) is 2.23. The van der Waals surface area contributed by atoms with Gasteiger partial charge in [-0.1, -0.05) is 36.4 Å². The van der Waals surface area contributed by atoms with Gasteiger partial charge in [0.2, 0.25) is 5.91 Å². The molecule has 1 aromatic heterocycles. The summed E-state index contributed by atoms with van der Waals surface area (Å²) in [5.74, 6) is 0.0430. The molecule has 1 atom stereocenters. The van der Waals surface area contributed by atoms with Crippen LogP contribution in [-0.4, -0.2) is 17.5 Å². The number of ether oxygens (including phenoxy) is 1. The second-order valence-electron chi connectivity index (χ2n) is 5.66. The molecular weight excluding hydrogens is 288 g/mol. The standard InChI is InChI=1S/C19H24N2O2/c1-15-10-11-18(13-20-15)16(2)21-19(22)9-6-12-23-14-17-7-4-3-5-8-17/h3-5,7-8,10-11,13,16H,6,9,12,14H2,1-2H3,(H,21,22)/t16-/m1/s1. The summed E-state index contributed by atoms with van der Waals surface area (Å²) in [6.45, 7) is 5.09. The zero-order valence-electron chi connectivity index (χ0n) is 13.8. The number of aryl methyl sites for hydroxylation is 1. The van der Waals surface area contributed by atoms with E-state index < -0.39 is 0 Å². The van der Waals surface area contributed by atoms with Crippen molar-refractivity contribution in [3.8, 4) is 0 Å². The van der Waals surface area contributed by atoms with Crippen molar-refractivity contribution in [3.05, 3.63) is 65.5 Å². The molecule has 4 heteroatoms. The van der Waals surface area contributed by atoms with Crippen LogP contribution in [0.5, 0.6) is 0 Å². The molecule has 0 saturated heterocycles. The fraction of sp³-hybridized carbons (Fsp3) is 0.368. The average Bonchev–Trinajstić information content (AvgIpc) is 2.56. The highest BCUT2D eigenvalue weighted by Gasteiger charge is 2.09. The van der Waals surface area contributed by atoms with Crippen molar-refractivity contribution >= 4 is 5.91 Å². The second kappa shape index (κ2) is 9.06. The van der Waals surface area contributed by atoms with Gasteiger partial charge < -0.3 is 10.1 Å². The summed E-state index contributed by atoms with van der Waals surface area (Å²) in [5.41, 5.74) is 3.14. The van der Waals surface area contributed by atoms with Crippen molar-refractivity contribution in [1.29, 1.82) is 0 Å². The molecule has 0 unspecified atom stereocenters. The molecule has 1 aromatic carbocycles. The van der Waals surface area contributed by atoms with E-state index in [-0.39, 0.29) is 11.9 Å². The first-order valence-corrected chi connectivity index (χ1v) is 7.99. The monoisotopic (exact) mass is 312 g/mol. The highest BCUT2D eigenvalue weighted by molar-refractivity contribution is 5.76. The van der Waals surface area contributed by atoms with Crippen LogP contribution in [0.25, 0.3) is 0 Å². The van der Waals surface area contributed by atoms with E-state index in [0.717, 1.165) is 23.2 Å². The third-order valence-electron chi connectivity index (χ3n) is 3.62. The minimum Gasteiger partial charge on any atom is -0.377 e. The summed E-state index contributed by atoms with van der Waals surface area (Å²) in [6.07, 6.45) is 3.00. The van der Waals surface area contributed by atoms with Crippen LogP contribution in [-0.2, 0) is 16.1 Å². The van der Waals surface area contributed by atoms with E-state index in [2.05, 4.69) is 10.3 Å². The molecule has 0 radical (unpaired) electrons. The van der Waals surface area contributed by atoms with E-state index in [4.69, 9.17) is 4.74 Å². The average molecular weight is 312 g/mol. The van der Waals surface area contributed by atoms with E-state index in [1.165, 1.54) is 0 Å². The number of benzene rings is 1. The number of nitrogens with zero attached hydrogens (tertiary/aromatic N) is 1. The molecule has 0 fully saturated rings. The SMILES string of the molecule is Cc1ccc([C@@H](C)NC(=O)CCCOCc2ccccc2)cn1. The summed E-state index contributed by atoms with van der Waals surface area (Å²) >= 11 is 0. The number of carbonyl (C=O) groups excluding carboxylic acids is 1. The fourth-order valence-electron chi connectivity index (χ4n) is 2.23. The van der Waals surface area contributed by atoms with Crippen LogP contribution in [0.2, 0.25) is 0 Å². The Morgan fingerprint density at radius 2 is 2.00 bits per heavy atom. The summed E-state index contributed by atoms with van der Waals surface area (Å²) in [6, 6.07) is 14.0. The summed E-state index contributed by atoms with van der Waals surface area (Å²) < 4.78 is 5.58. The van der Waals surface area contributed by atoms with Crippen molar-refractivity contribution < 1.29 is 9.53 Å². The van der Waals surface area contributed by atoms with E-state index >= 15 is 0 Å². The van der Waals surface area contributed by atoms with Crippen LogP contribution in [0.15, 0.2) is 48.7 Å². The van der Waals surface area contributed by atoms with Gasteiger partial charge in [0.05, 0.1) is 12.6 Å². The Kier molecular flexibility index (Phi) is 6.76. The first kappa shape index (κ1) is 17.2. The van der Waals surface area contributed by atoms with Crippen molar-refractivity contribution in [3.63, 3.8) is 0 Å². The third kappa shape index (κ3) is 6.20. The van der Waals surface area contributed by atoms with Crippen molar-refractivity contribution in [1.82, 2.24) is 10.3 Å². The molecule has 2 rings (SSSR count). The number of hydrogen-bond acceptors (Lipinski definition) is 3. The van der Waals surface area contributed by atoms with Crippen LogP contribution in [0.1, 0.15) is 42.6 Å². The van der Waals surface area contributed by atoms with E-state index in [0.29, 0.717) is 19.6 Å². The Balaban J connectivity index is 1.62. The molecular formula is C19H24N2O2. The normalized spacial score (nSPS) is 11.9. The molecule has 1 amide bonds. The van der Waals surface area contributed by atoms with Gasteiger partial charge in [0.15, 0.2) is 0 Å². The number of rotatable bonds is 8. The molecule has 0 saturated carbocycles. The molecule has 0 aliphatic heterocycles. The van der Waals surface area contributed by atoms with Gasteiger partial charge >= 0.3 is 0 Å². The predicted molar refractivity (Wildman–Crippen MR) is 90.9 cm³/mol. The molecule has 4 nitrogen and oxygen atoms in total. The Bertz CT molecular complexity index is 597. The van der Waals surface area contributed by atoms with Crippen molar-refractivity contribution in [2.75, 3.05) is 6.61 Å². The predicted octanol–water partition coefficient (Wildman–Crippen LogP) is 3.56. The number of aromatic nitrogens is 1. The summed E-state index contributed by atoms with van der Waals surface area (Å²) in [7, 11) is 0. The van der Waals surface area contributed by atoms with Gasteiger partial charge in [-0.05, 0) is 37.5 Å². The van der Waals surface area contributed by atoms with Gasteiger partial charge in [-0.25, -0.2) is 0 Å². The van der Waals surface area contributed by atoms with Gasteiger partial charge in [-0.15, -0.1) is 0 Å². The molecule has 0 bridgehead atoms. The Hall–Kier alpha value is -2.20. The zero-order chi connectivity index (χ0) is 16.5. The quantitative estimate of drug-likeness (QED) is 0.758. The number of nitrogens with one attached hydrogen (secondary N) is 1. The maximum atomic E-state index is 11.9. The Labute approximate surface area is 137 Å². The van der Waals surface area contributed by atoms with Gasteiger partial charge in [0.1, 0.15) is 0 Å². The van der Waals surface area contributed by atoms with Gasteiger partial charge in [-0.3, -0.25) is 9.78 Å². The van der Waals surface area contributed by atoms with E-state index in [1.54, 1.807) is 0 Å². The number of carbonyl (C=O) groups is 1. The number of amides is 1. The van der Waals surface area contributed by atoms with Crippen molar-refractivity contribution in [2.45, 2.75) is 39.3 Å². The van der Waals surface area contributed by atoms with Gasteiger partial charge in [-0.2, -0.15) is 0 Å². The summed E-state index contributed by atoms with van der Waals surface area (Å²) in [4.78, 5) is 16.2. The molecule has 0 aliphatic carbocycles. The minimum atomic E-state index is -0.0270. The van der Waals surface area contributed by atoms with Crippen LogP contribution >= 0.6 is 0 Å². The molecule has 2 aromatic rings. The zero-order valence-corrected chi connectivity index (χ0v) is 13.8. The highest BCUT2D eigenvalue weighted by atomic mass is 16.5. The smallest absolute Gasteiger partial charge is 0.220 e. The second-order valence-corrected chi connectivity index (χ2v) is 5.66. The lowest BCUT2D eigenvalue weighted by Crippen LogP contribution is -2.26. The lowest BCUT2D eigenvalue weighted by Gasteiger charge is -2.14. The van der Waals surface area contributed by atoms with Crippen LogP contribution in [0.4, 0.5) is 0 Å². The molecule has 23 heavy (non-hydrogen) atoms. The first-order valence-electron chi connectivity index (χ1n) is 7.99. The maximum Gasteiger partial charge on any atom is 0.220 e. The highest BCUT2D eigenvalue weighted by Crippen LogP contribution is 2.11. The lowest BCUT2D eigenvalue weighted by atomic mass is 10.1. The topological polar surface area (TPSA) is 51.2 Å². The van der Waals surface area contributed by atoms with Crippen LogP contribution in [0, 0.1) is 6.92 Å². The van der Waals surface area contributed by atoms with E-state index in [1.807, 2.05) is 62.5 Å². The maximum absolute atomic E-state index is 11.9. The Morgan fingerprint density at radius 1 is 1.22 bits per heavy atom. The molecule has 0 aliphatic rings. The van der Waals surface area contributed by atoms with Gasteiger partial charge in [0.25, 0.3) is 0 Å². The summed E-state index contributed by atoms with van der Waals surface area (Å²) in [5, 5.41) is 2.99. The van der Waals surface area contributed by atoms with Gasteiger partial charge in [0, 0.05) is 24.9 Å². The number of hydrogen-bond donors (Lipinski definition) is 1. The third-order valence-corrected chi connectivity index (χ3v) is 3.62. The van der Waals surface area contributed by atoms with Crippen LogP contribution in [0.3, 0.4) is 0 Å². The van der Waals surface area contributed by atoms with Crippen molar-refractivity contribution in [2.24, 2.45) is 0 Å². The van der Waals surface area contributed by atoms with Crippen LogP contribution < -0.4 is 5.32 Å². The van der Waals surface area contributed by atoms with E-state index in [9.17, 15) is 4.79 Å². The Morgan fingerprint density at radius 3 is 2.70 bits per heavy atom. The lowest BCUT2D eigenvalue weighted by molar-refractivity contribution is -0.122. The largest absolute Gasteiger partial charge is 0.377 e.